The van der Waals surface area contributed by atoms with Crippen LogP contribution >= 0.6 is 27.7 Å². The van der Waals surface area contributed by atoms with E-state index in [1.807, 2.05) is 24.3 Å². The van der Waals surface area contributed by atoms with E-state index in [0.29, 0.717) is 16.3 Å². The fourth-order valence-corrected chi connectivity index (χ4v) is 2.72. The second-order valence-electron chi connectivity index (χ2n) is 4.01. The van der Waals surface area contributed by atoms with Crippen molar-refractivity contribution in [2.45, 2.75) is 11.0 Å². The van der Waals surface area contributed by atoms with Crippen LogP contribution in [0.4, 0.5) is 4.39 Å². The number of thioether (sulfide) groups is 1. The van der Waals surface area contributed by atoms with Gasteiger partial charge in [-0.2, -0.15) is 0 Å². The molecule has 0 N–H and O–H groups in total. The van der Waals surface area contributed by atoms with Gasteiger partial charge in [-0.25, -0.2) is 9.37 Å². The molecule has 19 heavy (non-hydrogen) atoms. The van der Waals surface area contributed by atoms with E-state index in [9.17, 15) is 4.39 Å². The van der Waals surface area contributed by atoms with Gasteiger partial charge in [-0.1, -0.05) is 39.8 Å². The molecule has 0 amide bonds. The number of fused-ring (bicyclic) bond motifs is 1. The van der Waals surface area contributed by atoms with Crippen molar-refractivity contribution in [1.29, 1.82) is 0 Å². The van der Waals surface area contributed by atoms with Crippen LogP contribution in [0.3, 0.4) is 0 Å². The van der Waals surface area contributed by atoms with Crippen LogP contribution in [0.1, 0.15) is 5.56 Å². The molecule has 0 aliphatic rings. The summed E-state index contributed by atoms with van der Waals surface area (Å²) < 4.78 is 19.6. The molecule has 2 nitrogen and oxygen atoms in total. The van der Waals surface area contributed by atoms with E-state index in [2.05, 4.69) is 20.9 Å². The Hall–Kier alpha value is -1.33. The summed E-state index contributed by atoms with van der Waals surface area (Å²) in [7, 11) is 0. The molecular formula is C14H9BrFNOS. The van der Waals surface area contributed by atoms with E-state index in [1.54, 1.807) is 6.07 Å². The fraction of sp³-hybridized carbons (Fsp3) is 0.0714. The van der Waals surface area contributed by atoms with E-state index in [4.69, 9.17) is 4.42 Å². The monoisotopic (exact) mass is 337 g/mol. The highest BCUT2D eigenvalue weighted by Crippen LogP contribution is 2.27. The number of aromatic nitrogens is 1. The van der Waals surface area contributed by atoms with Crippen molar-refractivity contribution in [2.24, 2.45) is 0 Å². The van der Waals surface area contributed by atoms with E-state index in [-0.39, 0.29) is 5.82 Å². The molecule has 1 aromatic heterocycles. The highest BCUT2D eigenvalue weighted by molar-refractivity contribution is 9.10. The van der Waals surface area contributed by atoms with Gasteiger partial charge in [-0.05, 0) is 29.8 Å². The van der Waals surface area contributed by atoms with Gasteiger partial charge in [0, 0.05) is 16.3 Å². The van der Waals surface area contributed by atoms with Crippen molar-refractivity contribution in [1.82, 2.24) is 4.98 Å². The summed E-state index contributed by atoms with van der Waals surface area (Å²) in [6.07, 6.45) is 0. The first-order valence-corrected chi connectivity index (χ1v) is 7.42. The maximum Gasteiger partial charge on any atom is 0.257 e. The van der Waals surface area contributed by atoms with Crippen LogP contribution < -0.4 is 0 Å². The Labute approximate surface area is 122 Å². The first kappa shape index (κ1) is 12.7. The minimum Gasteiger partial charge on any atom is -0.431 e. The van der Waals surface area contributed by atoms with Crippen LogP contribution in [0.2, 0.25) is 0 Å². The zero-order valence-corrected chi connectivity index (χ0v) is 12.2. The summed E-state index contributed by atoms with van der Waals surface area (Å²) in [4.78, 5) is 4.31. The Morgan fingerprint density at radius 3 is 2.74 bits per heavy atom. The number of hydrogen-bond acceptors (Lipinski definition) is 3. The molecule has 0 unspecified atom stereocenters. The number of halogens is 2. The van der Waals surface area contributed by atoms with E-state index >= 15 is 0 Å². The van der Waals surface area contributed by atoms with E-state index < -0.39 is 0 Å². The van der Waals surface area contributed by atoms with E-state index in [1.165, 1.54) is 29.5 Å². The van der Waals surface area contributed by atoms with Crippen molar-refractivity contribution < 1.29 is 8.81 Å². The second-order valence-corrected chi connectivity index (χ2v) is 5.85. The molecule has 3 aromatic rings. The molecule has 0 saturated heterocycles. The third-order valence-corrected chi connectivity index (χ3v) is 4.03. The molecule has 3 rings (SSSR count). The van der Waals surface area contributed by atoms with Gasteiger partial charge in [-0.3, -0.25) is 0 Å². The zero-order valence-electron chi connectivity index (χ0n) is 9.77. The van der Waals surface area contributed by atoms with Crippen molar-refractivity contribution in [3.05, 3.63) is 58.3 Å². The summed E-state index contributed by atoms with van der Waals surface area (Å²) in [5.74, 6) is 0.455. The molecule has 5 heteroatoms. The zero-order chi connectivity index (χ0) is 13.2. The lowest BCUT2D eigenvalue weighted by molar-refractivity contribution is 0.487. The highest BCUT2D eigenvalue weighted by Gasteiger charge is 2.07. The second kappa shape index (κ2) is 5.35. The molecule has 2 aromatic carbocycles. The SMILES string of the molecule is Fc1ccc2nc(SCc3ccc(Br)cc3)oc2c1. The van der Waals surface area contributed by atoms with Crippen molar-refractivity contribution in [2.75, 3.05) is 0 Å². The molecule has 0 fully saturated rings. The van der Waals surface area contributed by atoms with Gasteiger partial charge < -0.3 is 4.42 Å². The van der Waals surface area contributed by atoms with Gasteiger partial charge in [0.1, 0.15) is 11.3 Å². The Kier molecular flexibility index (Phi) is 3.57. The van der Waals surface area contributed by atoms with Gasteiger partial charge in [0.05, 0.1) is 0 Å². The third kappa shape index (κ3) is 2.98. The van der Waals surface area contributed by atoms with Gasteiger partial charge >= 0.3 is 0 Å². The standard InChI is InChI=1S/C14H9BrFNOS/c15-10-3-1-9(2-4-10)8-19-14-17-12-6-5-11(16)7-13(12)18-14/h1-7H,8H2. The average molecular weight is 338 g/mol. The van der Waals surface area contributed by atoms with Crippen LogP contribution in [-0.4, -0.2) is 4.98 Å². The molecule has 0 atom stereocenters. The molecule has 1 heterocycles. The van der Waals surface area contributed by atoms with Crippen LogP contribution in [0.15, 0.2) is 56.6 Å². The summed E-state index contributed by atoms with van der Waals surface area (Å²) in [6.45, 7) is 0. The fourth-order valence-electron chi connectivity index (χ4n) is 1.66. The Bertz CT molecular complexity index is 711. The predicted molar refractivity (Wildman–Crippen MR) is 77.7 cm³/mol. The van der Waals surface area contributed by atoms with Crippen LogP contribution in [0, 0.1) is 5.82 Å². The maximum absolute atomic E-state index is 13.0. The minimum atomic E-state index is -0.312. The number of hydrogen-bond donors (Lipinski definition) is 0. The first-order chi connectivity index (χ1) is 9.20. The highest BCUT2D eigenvalue weighted by atomic mass is 79.9. The summed E-state index contributed by atoms with van der Waals surface area (Å²) in [5.41, 5.74) is 2.35. The average Bonchev–Trinajstić information content (AvgIpc) is 2.80. The molecule has 96 valence electrons. The summed E-state index contributed by atoms with van der Waals surface area (Å²) in [6, 6.07) is 12.4. The minimum absolute atomic E-state index is 0.312. The van der Waals surface area contributed by atoms with Crippen molar-refractivity contribution in [3.63, 3.8) is 0 Å². The molecule has 0 aliphatic heterocycles. The van der Waals surface area contributed by atoms with Crippen molar-refractivity contribution >= 4 is 38.8 Å². The smallest absolute Gasteiger partial charge is 0.257 e. The number of oxazole rings is 1. The summed E-state index contributed by atoms with van der Waals surface area (Å²) in [5, 5.41) is 0.559. The Balaban J connectivity index is 1.76. The van der Waals surface area contributed by atoms with Gasteiger partial charge in [0.15, 0.2) is 5.58 Å². The lowest BCUT2D eigenvalue weighted by atomic mass is 10.2. The van der Waals surface area contributed by atoms with Crippen LogP contribution in [-0.2, 0) is 5.75 Å². The Morgan fingerprint density at radius 2 is 1.95 bits per heavy atom. The lowest BCUT2D eigenvalue weighted by Crippen LogP contribution is -1.79. The molecule has 0 spiro atoms. The number of nitrogens with zero attached hydrogens (tertiary/aromatic N) is 1. The topological polar surface area (TPSA) is 26.0 Å². The number of rotatable bonds is 3. The van der Waals surface area contributed by atoms with Crippen LogP contribution in [0.5, 0.6) is 0 Å². The molecule has 0 saturated carbocycles. The largest absolute Gasteiger partial charge is 0.431 e. The number of benzene rings is 2. The maximum atomic E-state index is 13.0. The van der Waals surface area contributed by atoms with Gasteiger partial charge in [0.2, 0.25) is 0 Å². The molecule has 0 aliphatic carbocycles. The van der Waals surface area contributed by atoms with Crippen LogP contribution in [0.25, 0.3) is 11.1 Å². The van der Waals surface area contributed by atoms with Crippen molar-refractivity contribution in [3.8, 4) is 0 Å². The first-order valence-electron chi connectivity index (χ1n) is 5.64. The molecule has 0 radical (unpaired) electrons. The lowest BCUT2D eigenvalue weighted by Gasteiger charge is -1.98. The Morgan fingerprint density at radius 1 is 1.16 bits per heavy atom. The van der Waals surface area contributed by atoms with Gasteiger partial charge in [-0.15, -0.1) is 0 Å². The third-order valence-electron chi connectivity index (χ3n) is 2.61. The molecule has 0 bridgehead atoms. The van der Waals surface area contributed by atoms with E-state index in [0.717, 1.165) is 10.2 Å². The molecular weight excluding hydrogens is 329 g/mol. The predicted octanol–water partition coefficient (Wildman–Crippen LogP) is 5.02. The summed E-state index contributed by atoms with van der Waals surface area (Å²) >= 11 is 4.89. The normalized spacial score (nSPS) is 11.1. The quantitative estimate of drug-likeness (QED) is 0.627. The van der Waals surface area contributed by atoms with Gasteiger partial charge in [0.25, 0.3) is 5.22 Å².